The molecule has 7 nitrogen and oxygen atoms in total. The summed E-state index contributed by atoms with van der Waals surface area (Å²) in [5, 5.41) is 0.257. The lowest BCUT2D eigenvalue weighted by atomic mass is 10.1. The van der Waals surface area contributed by atoms with Crippen molar-refractivity contribution in [3.8, 4) is 0 Å². The number of amides is 2. The number of nitrogens with one attached hydrogen (secondary N) is 2. The van der Waals surface area contributed by atoms with E-state index in [1.54, 1.807) is 18.2 Å². The number of hydrogen-bond donors (Lipinski definition) is 2. The maximum atomic E-state index is 12.4. The number of rotatable bonds is 9. The average molecular weight is 466 g/mol. The highest BCUT2D eigenvalue weighted by molar-refractivity contribution is 6.33. The van der Waals surface area contributed by atoms with Crippen molar-refractivity contribution < 1.29 is 19.1 Å². The van der Waals surface area contributed by atoms with Gasteiger partial charge in [0.15, 0.2) is 6.61 Å². The molecule has 3 aromatic rings. The lowest BCUT2D eigenvalue weighted by molar-refractivity contribution is -0.150. The van der Waals surface area contributed by atoms with Crippen molar-refractivity contribution in [3.63, 3.8) is 0 Å². The number of ether oxygens (including phenoxy) is 1. The SMILES string of the molecule is O=C(COC(=O)CN(Cc1ccccc1)Cc1ccccc1)NNC(=O)c1ccccc1Cl. The van der Waals surface area contributed by atoms with E-state index in [-0.39, 0.29) is 17.1 Å². The average Bonchev–Trinajstić information content (AvgIpc) is 2.83. The molecule has 0 aliphatic heterocycles. The van der Waals surface area contributed by atoms with Crippen LogP contribution in [0.4, 0.5) is 0 Å². The van der Waals surface area contributed by atoms with Gasteiger partial charge in [-0.3, -0.25) is 30.1 Å². The van der Waals surface area contributed by atoms with Crippen LogP contribution in [-0.2, 0) is 27.4 Å². The van der Waals surface area contributed by atoms with Gasteiger partial charge < -0.3 is 4.74 Å². The van der Waals surface area contributed by atoms with Crippen molar-refractivity contribution in [2.24, 2.45) is 0 Å². The molecule has 0 saturated heterocycles. The third-order valence-corrected chi connectivity index (χ3v) is 4.98. The van der Waals surface area contributed by atoms with Gasteiger partial charge in [-0.1, -0.05) is 84.4 Å². The summed E-state index contributed by atoms with van der Waals surface area (Å²) < 4.78 is 5.10. The van der Waals surface area contributed by atoms with Crippen molar-refractivity contribution >= 4 is 29.4 Å². The first-order valence-electron chi connectivity index (χ1n) is 10.3. The minimum atomic E-state index is -0.665. The fraction of sp³-hybridized carbons (Fsp3) is 0.160. The zero-order chi connectivity index (χ0) is 23.5. The maximum Gasteiger partial charge on any atom is 0.320 e. The second-order valence-electron chi connectivity index (χ2n) is 7.26. The summed E-state index contributed by atoms with van der Waals surface area (Å²) in [6.07, 6.45) is 0. The number of hydrazine groups is 1. The molecule has 0 heterocycles. The largest absolute Gasteiger partial charge is 0.455 e. The van der Waals surface area contributed by atoms with Crippen LogP contribution >= 0.6 is 11.6 Å². The van der Waals surface area contributed by atoms with Crippen LogP contribution in [-0.4, -0.2) is 35.8 Å². The predicted octanol–water partition coefficient (Wildman–Crippen LogP) is 3.35. The van der Waals surface area contributed by atoms with Gasteiger partial charge in [-0.25, -0.2) is 0 Å². The predicted molar refractivity (Wildman–Crippen MR) is 125 cm³/mol. The Hall–Kier alpha value is -3.68. The molecule has 0 bridgehead atoms. The third kappa shape index (κ3) is 8.07. The Morgan fingerprint density at radius 1 is 0.758 bits per heavy atom. The molecule has 0 atom stereocenters. The zero-order valence-corrected chi connectivity index (χ0v) is 18.6. The number of hydrogen-bond acceptors (Lipinski definition) is 5. The molecule has 0 aliphatic rings. The van der Waals surface area contributed by atoms with E-state index in [0.29, 0.717) is 13.1 Å². The Morgan fingerprint density at radius 3 is 1.88 bits per heavy atom. The molecule has 0 unspecified atom stereocenters. The highest BCUT2D eigenvalue weighted by Crippen LogP contribution is 2.14. The first-order valence-corrected chi connectivity index (χ1v) is 10.7. The third-order valence-electron chi connectivity index (χ3n) is 4.65. The maximum absolute atomic E-state index is 12.4. The van der Waals surface area contributed by atoms with E-state index in [9.17, 15) is 14.4 Å². The fourth-order valence-corrected chi connectivity index (χ4v) is 3.32. The van der Waals surface area contributed by atoms with Crippen LogP contribution in [0.3, 0.4) is 0 Å². The minimum Gasteiger partial charge on any atom is -0.455 e. The van der Waals surface area contributed by atoms with Crippen molar-refractivity contribution in [1.29, 1.82) is 0 Å². The van der Waals surface area contributed by atoms with Gasteiger partial charge in [0.1, 0.15) is 0 Å². The van der Waals surface area contributed by atoms with Gasteiger partial charge in [-0.15, -0.1) is 0 Å². The molecular weight excluding hydrogens is 442 g/mol. The number of esters is 1. The number of carbonyl (C=O) groups excluding carboxylic acids is 3. The van der Waals surface area contributed by atoms with Gasteiger partial charge in [-0.05, 0) is 23.3 Å². The lowest BCUT2D eigenvalue weighted by Gasteiger charge is -2.21. The van der Waals surface area contributed by atoms with Crippen LogP contribution in [0.15, 0.2) is 84.9 Å². The first kappa shape index (κ1) is 24.0. The highest BCUT2D eigenvalue weighted by atomic mass is 35.5. The second kappa shape index (κ2) is 12.4. The van der Waals surface area contributed by atoms with E-state index >= 15 is 0 Å². The molecule has 2 amide bonds. The lowest BCUT2D eigenvalue weighted by Crippen LogP contribution is -2.44. The number of benzene rings is 3. The summed E-state index contributed by atoms with van der Waals surface area (Å²) in [6, 6.07) is 26.0. The first-order chi connectivity index (χ1) is 16.0. The summed E-state index contributed by atoms with van der Waals surface area (Å²) in [5.74, 6) is -1.78. The van der Waals surface area contributed by atoms with Crippen LogP contribution < -0.4 is 10.9 Å². The Balaban J connectivity index is 1.49. The van der Waals surface area contributed by atoms with Gasteiger partial charge in [0.05, 0.1) is 17.1 Å². The van der Waals surface area contributed by atoms with E-state index in [2.05, 4.69) is 10.9 Å². The molecule has 0 aliphatic carbocycles. The molecule has 0 aromatic heterocycles. The van der Waals surface area contributed by atoms with Crippen LogP contribution in [0, 0.1) is 0 Å². The Kier molecular flexibility index (Phi) is 8.99. The molecule has 0 fully saturated rings. The van der Waals surface area contributed by atoms with Gasteiger partial charge in [0.25, 0.3) is 11.8 Å². The van der Waals surface area contributed by atoms with Crippen molar-refractivity contribution in [2.75, 3.05) is 13.2 Å². The standard InChI is InChI=1S/C25H24ClN3O4/c26-22-14-8-7-13-21(22)25(32)28-27-23(30)18-33-24(31)17-29(15-19-9-3-1-4-10-19)16-20-11-5-2-6-12-20/h1-14H,15-18H2,(H,27,30)(H,28,32). The smallest absolute Gasteiger partial charge is 0.320 e. The fourth-order valence-electron chi connectivity index (χ4n) is 3.10. The monoisotopic (exact) mass is 465 g/mol. The van der Waals surface area contributed by atoms with Gasteiger partial charge in [0.2, 0.25) is 0 Å². The Morgan fingerprint density at radius 2 is 1.30 bits per heavy atom. The summed E-state index contributed by atoms with van der Waals surface area (Å²) in [7, 11) is 0. The van der Waals surface area contributed by atoms with Gasteiger partial charge in [-0.2, -0.15) is 0 Å². The normalized spacial score (nSPS) is 10.5. The summed E-state index contributed by atoms with van der Waals surface area (Å²) in [5.41, 5.74) is 6.78. The molecule has 2 N–H and O–H groups in total. The van der Waals surface area contributed by atoms with E-state index in [1.807, 2.05) is 65.6 Å². The molecular formula is C25H24ClN3O4. The van der Waals surface area contributed by atoms with E-state index in [1.165, 1.54) is 6.07 Å². The minimum absolute atomic E-state index is 0.00303. The summed E-state index contributed by atoms with van der Waals surface area (Å²) in [4.78, 5) is 38.4. The molecule has 3 rings (SSSR count). The number of nitrogens with zero attached hydrogens (tertiary/aromatic N) is 1. The summed E-state index contributed by atoms with van der Waals surface area (Å²) >= 11 is 5.95. The molecule has 33 heavy (non-hydrogen) atoms. The van der Waals surface area contributed by atoms with Crippen LogP contribution in [0.2, 0.25) is 5.02 Å². The molecule has 0 saturated carbocycles. The van der Waals surface area contributed by atoms with Crippen molar-refractivity contribution in [3.05, 3.63) is 107 Å². The number of carbonyl (C=O) groups is 3. The van der Waals surface area contributed by atoms with Crippen LogP contribution in [0.5, 0.6) is 0 Å². The van der Waals surface area contributed by atoms with Gasteiger partial charge in [0, 0.05) is 13.1 Å². The van der Waals surface area contributed by atoms with Crippen LogP contribution in [0.25, 0.3) is 0 Å². The van der Waals surface area contributed by atoms with E-state index in [0.717, 1.165) is 11.1 Å². The summed E-state index contributed by atoms with van der Waals surface area (Å²) in [6.45, 7) is 0.574. The zero-order valence-electron chi connectivity index (χ0n) is 17.9. The Bertz CT molecular complexity index is 1040. The quantitative estimate of drug-likeness (QED) is 0.374. The molecule has 170 valence electrons. The molecule has 3 aromatic carbocycles. The molecule has 8 heteroatoms. The van der Waals surface area contributed by atoms with Gasteiger partial charge >= 0.3 is 5.97 Å². The number of halogens is 1. The van der Waals surface area contributed by atoms with Crippen molar-refractivity contribution in [1.82, 2.24) is 15.8 Å². The Labute approximate surface area is 197 Å². The van der Waals surface area contributed by atoms with Crippen LogP contribution in [0.1, 0.15) is 21.5 Å². The topological polar surface area (TPSA) is 87.7 Å². The second-order valence-corrected chi connectivity index (χ2v) is 7.67. The van der Waals surface area contributed by atoms with E-state index in [4.69, 9.17) is 16.3 Å². The highest BCUT2D eigenvalue weighted by Gasteiger charge is 2.16. The molecule has 0 radical (unpaired) electrons. The van der Waals surface area contributed by atoms with E-state index < -0.39 is 24.4 Å². The molecule has 0 spiro atoms. The van der Waals surface area contributed by atoms with Crippen molar-refractivity contribution in [2.45, 2.75) is 13.1 Å².